The monoisotopic (exact) mass is 261 g/mol. The maximum Gasteiger partial charge on any atom is 0.196 e. The van der Waals surface area contributed by atoms with E-state index in [1.165, 1.54) is 6.20 Å². The van der Waals surface area contributed by atoms with Crippen LogP contribution in [-0.4, -0.2) is 26.6 Å². The van der Waals surface area contributed by atoms with E-state index in [4.69, 9.17) is 0 Å². The van der Waals surface area contributed by atoms with Crippen LogP contribution in [0.25, 0.3) is 0 Å². The van der Waals surface area contributed by atoms with Crippen molar-refractivity contribution in [3.05, 3.63) is 29.6 Å². The molecule has 1 heterocycles. The Morgan fingerprint density at radius 1 is 1.32 bits per heavy atom. The molecule has 1 aromatic heterocycles. The highest BCUT2D eigenvalue weighted by Gasteiger charge is 2.63. The summed E-state index contributed by atoms with van der Waals surface area (Å²) in [6.07, 6.45) is 4.04. The Bertz CT molecular complexity index is 564. The lowest BCUT2D eigenvalue weighted by Gasteiger charge is -2.44. The van der Waals surface area contributed by atoms with Gasteiger partial charge in [-0.25, -0.2) is 0 Å². The third-order valence-electron chi connectivity index (χ3n) is 4.76. The molecular weight excluding hydrogens is 242 g/mol. The second-order valence-corrected chi connectivity index (χ2v) is 6.92. The second kappa shape index (κ2) is 3.44. The van der Waals surface area contributed by atoms with Crippen molar-refractivity contribution in [1.29, 1.82) is 0 Å². The number of aliphatic hydroxyl groups is 2. The molecule has 4 nitrogen and oxygen atoms in total. The average Bonchev–Trinajstić information content (AvgIpc) is 2.59. The average molecular weight is 261 g/mol. The summed E-state index contributed by atoms with van der Waals surface area (Å²) in [6, 6.07) is 1.68. The molecule has 1 fully saturated rings. The van der Waals surface area contributed by atoms with E-state index in [9.17, 15) is 15.0 Å². The number of aromatic nitrogens is 1. The first-order valence-corrected chi connectivity index (χ1v) is 6.62. The van der Waals surface area contributed by atoms with E-state index in [-0.39, 0.29) is 11.2 Å². The summed E-state index contributed by atoms with van der Waals surface area (Å²) < 4.78 is 0. The molecule has 102 valence electrons. The fourth-order valence-electron chi connectivity index (χ4n) is 3.99. The highest BCUT2D eigenvalue weighted by Crippen LogP contribution is 2.58. The van der Waals surface area contributed by atoms with Crippen LogP contribution >= 0.6 is 0 Å². The van der Waals surface area contributed by atoms with Gasteiger partial charge >= 0.3 is 0 Å². The Labute approximate surface area is 112 Å². The third-order valence-corrected chi connectivity index (χ3v) is 4.76. The van der Waals surface area contributed by atoms with Gasteiger partial charge in [0.2, 0.25) is 0 Å². The largest absolute Gasteiger partial charge is 0.385 e. The Morgan fingerprint density at radius 2 is 2.00 bits per heavy atom. The van der Waals surface area contributed by atoms with E-state index >= 15 is 0 Å². The zero-order chi connectivity index (χ0) is 14.1. The zero-order valence-electron chi connectivity index (χ0n) is 11.5. The van der Waals surface area contributed by atoms with Crippen molar-refractivity contribution in [2.45, 2.75) is 44.8 Å². The van der Waals surface area contributed by atoms with Gasteiger partial charge in [0.15, 0.2) is 5.78 Å². The number of carbonyl (C=O) groups is 1. The van der Waals surface area contributed by atoms with Crippen molar-refractivity contribution in [2.75, 3.05) is 0 Å². The second-order valence-electron chi connectivity index (χ2n) is 6.92. The summed E-state index contributed by atoms with van der Waals surface area (Å²) in [5, 5.41) is 21.7. The smallest absolute Gasteiger partial charge is 0.196 e. The molecule has 0 unspecified atom stereocenters. The van der Waals surface area contributed by atoms with E-state index in [0.29, 0.717) is 24.0 Å². The van der Waals surface area contributed by atoms with Crippen molar-refractivity contribution in [2.24, 2.45) is 11.3 Å². The maximum absolute atomic E-state index is 12.6. The first kappa shape index (κ1) is 12.8. The molecule has 0 amide bonds. The number of hydrogen-bond donors (Lipinski definition) is 2. The quantitative estimate of drug-likeness (QED) is 0.745. The summed E-state index contributed by atoms with van der Waals surface area (Å²) in [5.74, 6) is -0.755. The molecule has 0 spiro atoms. The van der Waals surface area contributed by atoms with Crippen LogP contribution in [0.4, 0.5) is 0 Å². The first-order chi connectivity index (χ1) is 8.68. The highest BCUT2D eigenvalue weighted by molar-refractivity contribution is 6.05. The summed E-state index contributed by atoms with van der Waals surface area (Å²) in [4.78, 5) is 16.5. The molecule has 1 aromatic rings. The lowest BCUT2D eigenvalue weighted by atomic mass is 9.65. The molecule has 0 radical (unpaired) electrons. The Morgan fingerprint density at radius 3 is 2.68 bits per heavy atom. The molecule has 0 bridgehead atoms. The van der Waals surface area contributed by atoms with Gasteiger partial charge in [0, 0.05) is 23.9 Å². The Hall–Kier alpha value is -1.26. The van der Waals surface area contributed by atoms with Crippen molar-refractivity contribution < 1.29 is 15.0 Å². The molecule has 1 saturated carbocycles. The Kier molecular flexibility index (Phi) is 2.31. The number of nitrogens with zero attached hydrogens (tertiary/aromatic N) is 1. The lowest BCUT2D eigenvalue weighted by Crippen LogP contribution is -2.55. The van der Waals surface area contributed by atoms with Gasteiger partial charge in [-0.3, -0.25) is 9.78 Å². The topological polar surface area (TPSA) is 70.4 Å². The van der Waals surface area contributed by atoms with Gasteiger partial charge in [-0.2, -0.15) is 0 Å². The molecule has 2 N–H and O–H groups in total. The minimum Gasteiger partial charge on any atom is -0.385 e. The SMILES string of the molecule is CC1(C)C[C@H]2[C@@](O)(C1)C(=O)c1cnccc1[C@]2(C)O. The van der Waals surface area contributed by atoms with Gasteiger partial charge in [-0.05, 0) is 36.8 Å². The van der Waals surface area contributed by atoms with Gasteiger partial charge in [-0.1, -0.05) is 13.8 Å². The van der Waals surface area contributed by atoms with E-state index in [1.54, 1.807) is 19.2 Å². The van der Waals surface area contributed by atoms with Crippen LogP contribution in [-0.2, 0) is 5.60 Å². The summed E-state index contributed by atoms with van der Waals surface area (Å²) in [6.45, 7) is 5.74. The summed E-state index contributed by atoms with van der Waals surface area (Å²) in [5.41, 5.74) is -1.89. The molecule has 2 aliphatic rings. The lowest BCUT2D eigenvalue weighted by molar-refractivity contribution is -0.0941. The minimum absolute atomic E-state index is 0.158. The molecule has 4 heteroatoms. The number of ketones is 1. The standard InChI is InChI=1S/C15H19NO3/c1-13(2)6-11-14(3,18)10-4-5-16-7-9(10)12(17)15(11,19)8-13/h4-5,7,11,18-19H,6,8H2,1-3H3/t11-,14+,15+/m1/s1. The minimum atomic E-state index is -1.47. The van der Waals surface area contributed by atoms with Gasteiger partial charge in [0.05, 0.1) is 5.60 Å². The molecule has 0 saturated heterocycles. The number of pyridine rings is 1. The van der Waals surface area contributed by atoms with Crippen molar-refractivity contribution >= 4 is 5.78 Å². The molecular formula is C15H19NO3. The molecule has 3 rings (SSSR count). The van der Waals surface area contributed by atoms with E-state index in [2.05, 4.69) is 4.98 Å². The van der Waals surface area contributed by atoms with Gasteiger partial charge in [0.1, 0.15) is 5.60 Å². The first-order valence-electron chi connectivity index (χ1n) is 6.62. The molecule has 3 atom stereocenters. The van der Waals surface area contributed by atoms with E-state index in [1.807, 2.05) is 13.8 Å². The van der Waals surface area contributed by atoms with Crippen molar-refractivity contribution in [3.63, 3.8) is 0 Å². The molecule has 0 aliphatic heterocycles. The molecule has 2 aliphatic carbocycles. The van der Waals surface area contributed by atoms with Gasteiger partial charge in [-0.15, -0.1) is 0 Å². The van der Waals surface area contributed by atoms with E-state index < -0.39 is 17.1 Å². The van der Waals surface area contributed by atoms with Gasteiger partial charge < -0.3 is 10.2 Å². The van der Waals surface area contributed by atoms with Crippen LogP contribution in [0.3, 0.4) is 0 Å². The van der Waals surface area contributed by atoms with E-state index in [0.717, 1.165) is 0 Å². The van der Waals surface area contributed by atoms with Crippen molar-refractivity contribution in [1.82, 2.24) is 4.98 Å². The summed E-state index contributed by atoms with van der Waals surface area (Å²) >= 11 is 0. The zero-order valence-corrected chi connectivity index (χ0v) is 11.5. The maximum atomic E-state index is 12.6. The molecule has 0 aromatic carbocycles. The number of Topliss-reactive ketones (excluding diaryl/α,β-unsaturated/α-hetero) is 1. The van der Waals surface area contributed by atoms with Crippen LogP contribution in [0.2, 0.25) is 0 Å². The van der Waals surface area contributed by atoms with Crippen LogP contribution in [0.5, 0.6) is 0 Å². The Balaban J connectivity index is 2.24. The van der Waals surface area contributed by atoms with Gasteiger partial charge in [0.25, 0.3) is 0 Å². The van der Waals surface area contributed by atoms with Crippen LogP contribution in [0.1, 0.15) is 49.5 Å². The fourth-order valence-corrected chi connectivity index (χ4v) is 3.99. The van der Waals surface area contributed by atoms with Crippen LogP contribution in [0.15, 0.2) is 18.5 Å². The number of fused-ring (bicyclic) bond motifs is 2. The fraction of sp³-hybridized carbons (Fsp3) is 0.600. The molecule has 19 heavy (non-hydrogen) atoms. The number of rotatable bonds is 0. The van der Waals surface area contributed by atoms with Crippen LogP contribution < -0.4 is 0 Å². The predicted octanol–water partition coefficient (Wildman–Crippen LogP) is 1.65. The predicted molar refractivity (Wildman–Crippen MR) is 69.6 cm³/mol. The number of carbonyl (C=O) groups excluding carboxylic acids is 1. The summed E-state index contributed by atoms with van der Waals surface area (Å²) in [7, 11) is 0. The van der Waals surface area contributed by atoms with Crippen LogP contribution in [0, 0.1) is 11.3 Å². The highest BCUT2D eigenvalue weighted by atomic mass is 16.3. The van der Waals surface area contributed by atoms with Crippen molar-refractivity contribution in [3.8, 4) is 0 Å². The number of hydrogen-bond acceptors (Lipinski definition) is 4. The normalized spacial score (nSPS) is 39.8. The third kappa shape index (κ3) is 1.53.